The number of hydrogen-bond donors (Lipinski definition) is 1. The van der Waals surface area contributed by atoms with Gasteiger partial charge in [0, 0.05) is 17.6 Å². The molecule has 182 valence electrons. The lowest BCUT2D eigenvalue weighted by Gasteiger charge is -2.09. The highest BCUT2D eigenvalue weighted by Crippen LogP contribution is 2.27. The summed E-state index contributed by atoms with van der Waals surface area (Å²) in [6.45, 7) is 8.54. The molecule has 0 aliphatic rings. The van der Waals surface area contributed by atoms with Crippen LogP contribution in [0.2, 0.25) is 0 Å². The molecule has 1 N–H and O–H groups in total. The Morgan fingerprint density at radius 2 is 1.83 bits per heavy atom. The topological polar surface area (TPSA) is 98.7 Å². The number of hydrogen-bond acceptors (Lipinski definition) is 7. The summed E-state index contributed by atoms with van der Waals surface area (Å²) in [4.78, 5) is 12.3. The first-order chi connectivity index (χ1) is 16.9. The molecule has 0 aliphatic carbocycles. The number of benzene rings is 2. The molecule has 9 heteroatoms. The number of amides is 1. The minimum atomic E-state index is -0.156. The summed E-state index contributed by atoms with van der Waals surface area (Å²) in [6.07, 6.45) is 2.82. The molecule has 1 atom stereocenters. The Balaban J connectivity index is 1.29. The summed E-state index contributed by atoms with van der Waals surface area (Å²) < 4.78 is 7.41. The van der Waals surface area contributed by atoms with Gasteiger partial charge in [-0.1, -0.05) is 73.3 Å². The van der Waals surface area contributed by atoms with Gasteiger partial charge in [-0.3, -0.25) is 4.79 Å². The summed E-state index contributed by atoms with van der Waals surface area (Å²) in [5.74, 6) is 1.58. The van der Waals surface area contributed by atoms with Crippen LogP contribution in [0.1, 0.15) is 55.0 Å². The lowest BCUT2D eigenvalue weighted by atomic mass is 9.97. The zero-order chi connectivity index (χ0) is 24.8. The predicted octanol–water partition coefficient (Wildman–Crippen LogP) is 5.25. The van der Waals surface area contributed by atoms with Crippen molar-refractivity contribution in [1.82, 2.24) is 25.2 Å². The van der Waals surface area contributed by atoms with Crippen LogP contribution < -0.4 is 5.32 Å². The molecule has 0 saturated carbocycles. The quantitative estimate of drug-likeness (QED) is 0.303. The molecule has 0 aliphatic heterocycles. The zero-order valence-corrected chi connectivity index (χ0v) is 21.2. The van der Waals surface area contributed by atoms with Gasteiger partial charge in [0.2, 0.25) is 11.8 Å². The van der Waals surface area contributed by atoms with Crippen LogP contribution in [-0.2, 0) is 23.5 Å². The number of nitrogens with one attached hydrogen (secondary N) is 1. The molecule has 0 spiro atoms. The van der Waals surface area contributed by atoms with Crippen LogP contribution in [-0.4, -0.2) is 31.1 Å². The van der Waals surface area contributed by atoms with Crippen molar-refractivity contribution >= 4 is 23.4 Å². The van der Waals surface area contributed by atoms with E-state index in [4.69, 9.17) is 4.42 Å². The van der Waals surface area contributed by atoms with Crippen LogP contribution in [0, 0.1) is 12.8 Å². The van der Waals surface area contributed by atoms with Crippen molar-refractivity contribution in [2.45, 2.75) is 57.6 Å². The van der Waals surface area contributed by atoms with E-state index in [1.807, 2.05) is 31.2 Å². The third kappa shape index (κ3) is 6.79. The van der Waals surface area contributed by atoms with E-state index in [-0.39, 0.29) is 18.4 Å². The van der Waals surface area contributed by atoms with Gasteiger partial charge in [0.15, 0.2) is 0 Å². The summed E-state index contributed by atoms with van der Waals surface area (Å²) in [7, 11) is 0. The number of carbonyl (C=O) groups excluding carboxylic acids is 1. The van der Waals surface area contributed by atoms with Crippen molar-refractivity contribution in [3.05, 3.63) is 83.0 Å². The van der Waals surface area contributed by atoms with Gasteiger partial charge in [-0.05, 0) is 48.9 Å². The molecular weight excluding hydrogens is 460 g/mol. The maximum Gasteiger partial charge on any atom is 0.276 e. The van der Waals surface area contributed by atoms with E-state index < -0.39 is 0 Å². The minimum absolute atomic E-state index is 0.0117. The SMILES string of the molecule is Cc1ccccc1NC(=O)Cn1cc(CSc2nnc(C(C)c3ccc(CC(C)C)cc3)o2)nn1. The van der Waals surface area contributed by atoms with E-state index in [0.29, 0.717) is 22.8 Å². The van der Waals surface area contributed by atoms with Gasteiger partial charge in [-0.25, -0.2) is 4.68 Å². The maximum absolute atomic E-state index is 12.3. The predicted molar refractivity (Wildman–Crippen MR) is 136 cm³/mol. The van der Waals surface area contributed by atoms with Gasteiger partial charge in [-0.15, -0.1) is 15.3 Å². The maximum atomic E-state index is 12.3. The summed E-state index contributed by atoms with van der Waals surface area (Å²) in [6, 6.07) is 16.3. The van der Waals surface area contributed by atoms with Gasteiger partial charge >= 0.3 is 0 Å². The van der Waals surface area contributed by atoms with Crippen LogP contribution >= 0.6 is 11.8 Å². The van der Waals surface area contributed by atoms with E-state index in [9.17, 15) is 4.79 Å². The molecule has 1 unspecified atom stereocenters. The second-order valence-corrected chi connectivity index (χ2v) is 9.95. The largest absolute Gasteiger partial charge is 0.415 e. The Bertz CT molecular complexity index is 1260. The number of carbonyl (C=O) groups is 1. The van der Waals surface area contributed by atoms with Gasteiger partial charge in [-0.2, -0.15) is 0 Å². The molecular formula is C26H30N6O2S. The summed E-state index contributed by atoms with van der Waals surface area (Å²) in [5.41, 5.74) is 5.00. The molecule has 0 saturated heterocycles. The lowest BCUT2D eigenvalue weighted by Crippen LogP contribution is -2.19. The third-order valence-electron chi connectivity index (χ3n) is 5.57. The monoisotopic (exact) mass is 490 g/mol. The molecule has 8 nitrogen and oxygen atoms in total. The molecule has 2 heterocycles. The number of para-hydroxylation sites is 1. The van der Waals surface area contributed by atoms with Gasteiger partial charge in [0.1, 0.15) is 6.54 Å². The Morgan fingerprint density at radius 3 is 2.57 bits per heavy atom. The van der Waals surface area contributed by atoms with Gasteiger partial charge in [0.05, 0.1) is 11.6 Å². The molecule has 0 bridgehead atoms. The number of rotatable bonds is 10. The zero-order valence-electron chi connectivity index (χ0n) is 20.4. The van der Waals surface area contributed by atoms with Gasteiger partial charge in [0.25, 0.3) is 5.22 Å². The molecule has 4 aromatic rings. The molecule has 0 radical (unpaired) electrons. The lowest BCUT2D eigenvalue weighted by molar-refractivity contribution is -0.116. The van der Waals surface area contributed by atoms with E-state index in [2.05, 4.69) is 70.9 Å². The second-order valence-electron chi connectivity index (χ2n) is 9.03. The van der Waals surface area contributed by atoms with Crippen molar-refractivity contribution in [2.75, 3.05) is 5.32 Å². The highest BCUT2D eigenvalue weighted by molar-refractivity contribution is 7.98. The number of aromatic nitrogens is 5. The fourth-order valence-electron chi connectivity index (χ4n) is 3.68. The van der Waals surface area contributed by atoms with Gasteiger partial charge < -0.3 is 9.73 Å². The molecule has 2 aromatic carbocycles. The molecule has 2 aromatic heterocycles. The Labute approximate surface area is 209 Å². The Kier molecular flexibility index (Phi) is 7.97. The fraction of sp³-hybridized carbons (Fsp3) is 0.346. The van der Waals surface area contributed by atoms with Crippen LogP contribution in [0.5, 0.6) is 0 Å². The standard InChI is InChI=1S/C26H30N6O2S/c1-17(2)13-20-9-11-21(12-10-20)19(4)25-29-30-26(34-25)35-16-22-14-32(31-28-22)15-24(33)27-23-8-6-5-7-18(23)3/h5-12,14,17,19H,13,15-16H2,1-4H3,(H,27,33). The van der Waals surface area contributed by atoms with E-state index >= 15 is 0 Å². The molecule has 0 fully saturated rings. The van der Waals surface area contributed by atoms with E-state index in [0.717, 1.165) is 28.9 Å². The van der Waals surface area contributed by atoms with Crippen molar-refractivity contribution in [3.63, 3.8) is 0 Å². The van der Waals surface area contributed by atoms with Crippen LogP contribution in [0.4, 0.5) is 5.69 Å². The normalized spacial score (nSPS) is 12.1. The third-order valence-corrected chi connectivity index (χ3v) is 6.42. The summed E-state index contributed by atoms with van der Waals surface area (Å²) in [5, 5.41) is 20.0. The average Bonchev–Trinajstić information content (AvgIpc) is 3.48. The number of thioether (sulfide) groups is 1. The van der Waals surface area contributed by atoms with Crippen molar-refractivity contribution in [2.24, 2.45) is 5.92 Å². The first kappa shape index (κ1) is 24.7. The smallest absolute Gasteiger partial charge is 0.276 e. The minimum Gasteiger partial charge on any atom is -0.415 e. The first-order valence-electron chi connectivity index (χ1n) is 11.7. The Morgan fingerprint density at radius 1 is 1.06 bits per heavy atom. The molecule has 4 rings (SSSR count). The van der Waals surface area contributed by atoms with Crippen molar-refractivity contribution in [1.29, 1.82) is 0 Å². The van der Waals surface area contributed by atoms with Crippen molar-refractivity contribution < 1.29 is 9.21 Å². The fourth-order valence-corrected chi connectivity index (χ4v) is 4.32. The number of aryl methyl sites for hydroxylation is 1. The van der Waals surface area contributed by atoms with E-state index in [1.54, 1.807) is 6.20 Å². The van der Waals surface area contributed by atoms with Crippen molar-refractivity contribution in [3.8, 4) is 0 Å². The van der Waals surface area contributed by atoms with Crippen LogP contribution in [0.15, 0.2) is 64.4 Å². The highest BCUT2D eigenvalue weighted by Gasteiger charge is 2.17. The average molecular weight is 491 g/mol. The van der Waals surface area contributed by atoms with Crippen LogP contribution in [0.25, 0.3) is 0 Å². The first-order valence-corrected chi connectivity index (χ1v) is 12.7. The highest BCUT2D eigenvalue weighted by atomic mass is 32.2. The summed E-state index contributed by atoms with van der Waals surface area (Å²) >= 11 is 1.40. The molecule has 1 amide bonds. The van der Waals surface area contributed by atoms with Crippen LogP contribution in [0.3, 0.4) is 0 Å². The molecule has 35 heavy (non-hydrogen) atoms. The van der Waals surface area contributed by atoms with E-state index in [1.165, 1.54) is 22.0 Å². The number of anilines is 1. The second kappa shape index (κ2) is 11.3. The number of nitrogens with zero attached hydrogens (tertiary/aromatic N) is 5. The Hall–Kier alpha value is -3.46.